The zero-order chi connectivity index (χ0) is 14.8. The maximum atomic E-state index is 10.7. The van der Waals surface area contributed by atoms with Crippen LogP contribution >= 0.6 is 23.4 Å². The summed E-state index contributed by atoms with van der Waals surface area (Å²) >= 11 is 7.52. The number of hydrogen-bond acceptors (Lipinski definition) is 5. The van der Waals surface area contributed by atoms with Crippen LogP contribution in [0.15, 0.2) is 28.3 Å². The van der Waals surface area contributed by atoms with Crippen molar-refractivity contribution in [3.63, 3.8) is 0 Å². The molecule has 0 spiro atoms. The molecule has 1 aromatic heterocycles. The van der Waals surface area contributed by atoms with Crippen LogP contribution in [0.1, 0.15) is 25.1 Å². The first-order valence-corrected chi connectivity index (χ1v) is 7.88. The minimum atomic E-state index is -0.455. The van der Waals surface area contributed by atoms with Crippen LogP contribution in [0, 0.1) is 10.1 Å². The van der Waals surface area contributed by atoms with Gasteiger partial charge in [-0.2, -0.15) is 0 Å². The molecule has 1 aromatic carbocycles. The number of halogens is 1. The standard InChI is InChI=1S/C13H13ClN4O2S/c14-10-8-9(18(19)20)5-6-11(10)21-13-16-15-12-4-2-1-3-7-17(12)13/h5-6,8H,1-4,7H2. The van der Waals surface area contributed by atoms with E-state index in [1.807, 2.05) is 0 Å². The number of fused-ring (bicyclic) bond motifs is 1. The number of nitrogens with zero attached hydrogens (tertiary/aromatic N) is 4. The molecule has 0 aliphatic carbocycles. The summed E-state index contributed by atoms with van der Waals surface area (Å²) in [5.74, 6) is 1.01. The van der Waals surface area contributed by atoms with Crippen molar-refractivity contribution in [3.05, 3.63) is 39.2 Å². The third-order valence-corrected chi connectivity index (χ3v) is 4.89. The minimum absolute atomic E-state index is 0.00979. The van der Waals surface area contributed by atoms with Gasteiger partial charge in [0.25, 0.3) is 5.69 Å². The zero-order valence-electron chi connectivity index (χ0n) is 11.2. The van der Waals surface area contributed by atoms with Gasteiger partial charge in [0.05, 0.1) is 9.95 Å². The van der Waals surface area contributed by atoms with E-state index in [9.17, 15) is 10.1 Å². The molecule has 8 heteroatoms. The number of aromatic nitrogens is 3. The maximum Gasteiger partial charge on any atom is 0.270 e. The maximum absolute atomic E-state index is 10.7. The minimum Gasteiger partial charge on any atom is -0.306 e. The first kappa shape index (κ1) is 14.3. The molecule has 0 amide bonds. The lowest BCUT2D eigenvalue weighted by Crippen LogP contribution is -2.02. The molecular weight excluding hydrogens is 312 g/mol. The summed E-state index contributed by atoms with van der Waals surface area (Å²) in [5.41, 5.74) is -0.00979. The van der Waals surface area contributed by atoms with E-state index in [-0.39, 0.29) is 5.69 Å². The number of aryl methyl sites for hydroxylation is 1. The van der Waals surface area contributed by atoms with Gasteiger partial charge in [0, 0.05) is 30.0 Å². The van der Waals surface area contributed by atoms with Gasteiger partial charge >= 0.3 is 0 Å². The SMILES string of the molecule is O=[N+]([O-])c1ccc(Sc2nnc3n2CCCCC3)c(Cl)c1. The molecule has 6 nitrogen and oxygen atoms in total. The largest absolute Gasteiger partial charge is 0.306 e. The van der Waals surface area contributed by atoms with Gasteiger partial charge < -0.3 is 4.57 Å². The first-order chi connectivity index (χ1) is 10.1. The molecule has 0 saturated heterocycles. The molecule has 1 aliphatic heterocycles. The molecule has 1 aliphatic rings. The fourth-order valence-corrected chi connectivity index (χ4v) is 3.49. The highest BCUT2D eigenvalue weighted by atomic mass is 35.5. The van der Waals surface area contributed by atoms with Crippen molar-refractivity contribution in [2.45, 2.75) is 42.3 Å². The van der Waals surface area contributed by atoms with E-state index < -0.39 is 4.92 Å². The third kappa shape index (κ3) is 3.03. The van der Waals surface area contributed by atoms with E-state index >= 15 is 0 Å². The second-order valence-corrected chi connectivity index (χ2v) is 6.25. The van der Waals surface area contributed by atoms with Gasteiger partial charge in [-0.3, -0.25) is 10.1 Å². The van der Waals surface area contributed by atoms with Gasteiger partial charge in [-0.1, -0.05) is 18.0 Å². The molecule has 2 aromatic rings. The second-order valence-electron chi connectivity index (χ2n) is 4.83. The third-order valence-electron chi connectivity index (χ3n) is 3.40. The predicted octanol–water partition coefficient (Wildman–Crippen LogP) is 3.72. The van der Waals surface area contributed by atoms with Gasteiger partial charge in [-0.25, -0.2) is 0 Å². The van der Waals surface area contributed by atoms with Crippen molar-refractivity contribution in [3.8, 4) is 0 Å². The van der Waals surface area contributed by atoms with E-state index in [1.54, 1.807) is 6.07 Å². The molecule has 110 valence electrons. The molecule has 0 saturated carbocycles. The van der Waals surface area contributed by atoms with Crippen LogP contribution in [0.25, 0.3) is 0 Å². The quantitative estimate of drug-likeness (QED) is 0.635. The summed E-state index contributed by atoms with van der Waals surface area (Å²) in [6.45, 7) is 0.912. The summed E-state index contributed by atoms with van der Waals surface area (Å²) in [6, 6.07) is 4.47. The van der Waals surface area contributed by atoms with Gasteiger partial charge in [0.15, 0.2) is 5.16 Å². The average Bonchev–Trinajstić information content (AvgIpc) is 2.69. The van der Waals surface area contributed by atoms with E-state index in [0.29, 0.717) is 5.02 Å². The van der Waals surface area contributed by atoms with Crippen LogP contribution in [0.3, 0.4) is 0 Å². The Labute approximate surface area is 130 Å². The Morgan fingerprint density at radius 3 is 2.90 bits per heavy atom. The summed E-state index contributed by atoms with van der Waals surface area (Å²) < 4.78 is 2.12. The van der Waals surface area contributed by atoms with E-state index in [4.69, 9.17) is 11.6 Å². The van der Waals surface area contributed by atoms with Gasteiger partial charge in [-0.15, -0.1) is 10.2 Å². The van der Waals surface area contributed by atoms with Crippen molar-refractivity contribution in [2.24, 2.45) is 0 Å². The number of rotatable bonds is 3. The molecule has 0 atom stereocenters. The van der Waals surface area contributed by atoms with Crippen LogP contribution in [-0.2, 0) is 13.0 Å². The Bertz CT molecular complexity index is 689. The van der Waals surface area contributed by atoms with E-state index in [1.165, 1.54) is 30.3 Å². The van der Waals surface area contributed by atoms with Crippen molar-refractivity contribution in [2.75, 3.05) is 0 Å². The Hall–Kier alpha value is -1.60. The van der Waals surface area contributed by atoms with Crippen LogP contribution in [0.2, 0.25) is 5.02 Å². The fourth-order valence-electron chi connectivity index (χ4n) is 2.32. The molecule has 2 heterocycles. The van der Waals surface area contributed by atoms with Crippen LogP contribution in [0.4, 0.5) is 5.69 Å². The van der Waals surface area contributed by atoms with E-state index in [2.05, 4.69) is 14.8 Å². The smallest absolute Gasteiger partial charge is 0.270 e. The van der Waals surface area contributed by atoms with Crippen LogP contribution < -0.4 is 0 Å². The molecule has 0 fully saturated rings. The molecular formula is C13H13ClN4O2S. The van der Waals surface area contributed by atoms with Gasteiger partial charge in [-0.05, 0) is 30.7 Å². The van der Waals surface area contributed by atoms with Gasteiger partial charge in [0.1, 0.15) is 5.82 Å². The Morgan fingerprint density at radius 2 is 2.14 bits per heavy atom. The Kier molecular flexibility index (Phi) is 4.12. The number of nitro benzene ring substituents is 1. The monoisotopic (exact) mass is 324 g/mol. The van der Waals surface area contributed by atoms with Crippen molar-refractivity contribution in [1.82, 2.24) is 14.8 Å². The van der Waals surface area contributed by atoms with Crippen molar-refractivity contribution >= 4 is 29.1 Å². The zero-order valence-corrected chi connectivity index (χ0v) is 12.7. The van der Waals surface area contributed by atoms with Crippen LogP contribution in [0.5, 0.6) is 0 Å². The lowest BCUT2D eigenvalue weighted by atomic mass is 10.2. The van der Waals surface area contributed by atoms with Crippen LogP contribution in [-0.4, -0.2) is 19.7 Å². The molecule has 0 unspecified atom stereocenters. The van der Waals surface area contributed by atoms with Gasteiger partial charge in [0.2, 0.25) is 0 Å². The average molecular weight is 325 g/mol. The second kappa shape index (κ2) is 6.03. The predicted molar refractivity (Wildman–Crippen MR) is 79.8 cm³/mol. The molecule has 21 heavy (non-hydrogen) atoms. The highest BCUT2D eigenvalue weighted by Crippen LogP contribution is 2.35. The fraction of sp³-hybridized carbons (Fsp3) is 0.385. The van der Waals surface area contributed by atoms with Crippen molar-refractivity contribution in [1.29, 1.82) is 0 Å². The summed E-state index contributed by atoms with van der Waals surface area (Å²) in [5, 5.41) is 20.3. The number of nitro groups is 1. The molecule has 0 N–H and O–H groups in total. The lowest BCUT2D eigenvalue weighted by Gasteiger charge is -2.07. The summed E-state index contributed by atoms with van der Waals surface area (Å²) in [6.07, 6.45) is 4.40. The topological polar surface area (TPSA) is 73.8 Å². The number of hydrogen-bond donors (Lipinski definition) is 0. The molecule has 3 rings (SSSR count). The highest BCUT2D eigenvalue weighted by Gasteiger charge is 2.17. The molecule has 0 radical (unpaired) electrons. The summed E-state index contributed by atoms with van der Waals surface area (Å²) in [7, 11) is 0. The number of benzene rings is 1. The highest BCUT2D eigenvalue weighted by molar-refractivity contribution is 7.99. The lowest BCUT2D eigenvalue weighted by molar-refractivity contribution is -0.384. The number of non-ortho nitro benzene ring substituents is 1. The molecule has 0 bridgehead atoms. The first-order valence-electron chi connectivity index (χ1n) is 6.69. The Balaban J connectivity index is 1.87. The summed E-state index contributed by atoms with van der Waals surface area (Å²) in [4.78, 5) is 11.0. The normalized spacial score (nSPS) is 14.5. The Morgan fingerprint density at radius 1 is 1.29 bits per heavy atom. The van der Waals surface area contributed by atoms with Crippen molar-refractivity contribution < 1.29 is 4.92 Å². The van der Waals surface area contributed by atoms with E-state index in [0.717, 1.165) is 41.7 Å².